The molecule has 0 saturated heterocycles. The van der Waals surface area contributed by atoms with Crippen molar-refractivity contribution in [1.29, 1.82) is 5.26 Å². The third-order valence-electron chi connectivity index (χ3n) is 4.10. The number of carbonyl (C=O) groups excluding carboxylic acids is 2. The fourth-order valence-corrected chi connectivity index (χ4v) is 2.71. The monoisotopic (exact) mass is 385 g/mol. The first-order valence-electron chi connectivity index (χ1n) is 8.35. The zero-order chi connectivity index (χ0) is 20.0. The average molecular weight is 386 g/mol. The lowest BCUT2D eigenvalue weighted by atomic mass is 10.1. The molecule has 0 aromatic heterocycles. The Morgan fingerprint density at radius 2 is 1.89 bits per heavy atom. The Labute approximate surface area is 162 Å². The zero-order valence-electron chi connectivity index (χ0n) is 15.0. The maximum Gasteiger partial charge on any atom is 0.245 e. The van der Waals surface area contributed by atoms with Crippen LogP contribution in [-0.4, -0.2) is 35.5 Å². The molecule has 7 heteroatoms. The van der Waals surface area contributed by atoms with Crippen molar-refractivity contribution in [3.8, 4) is 6.07 Å². The van der Waals surface area contributed by atoms with Crippen molar-refractivity contribution in [3.05, 3.63) is 64.2 Å². The number of ketones is 1. The van der Waals surface area contributed by atoms with Crippen LogP contribution in [0.3, 0.4) is 0 Å². The number of benzene rings is 2. The molecule has 0 aliphatic rings. The number of hydrogen-bond donors (Lipinski definition) is 3. The van der Waals surface area contributed by atoms with Crippen LogP contribution in [0.4, 0.5) is 5.69 Å². The molecule has 0 spiro atoms. The molecule has 3 N–H and O–H groups in total. The van der Waals surface area contributed by atoms with Gasteiger partial charge in [0.25, 0.3) is 0 Å². The minimum atomic E-state index is -1.02. The minimum absolute atomic E-state index is 0.180. The molecule has 140 valence electrons. The van der Waals surface area contributed by atoms with Crippen molar-refractivity contribution in [3.63, 3.8) is 0 Å². The Kier molecular flexibility index (Phi) is 6.94. The van der Waals surface area contributed by atoms with Gasteiger partial charge >= 0.3 is 0 Å². The van der Waals surface area contributed by atoms with Crippen molar-refractivity contribution in [1.82, 2.24) is 5.32 Å². The van der Waals surface area contributed by atoms with Crippen LogP contribution in [0.25, 0.3) is 0 Å². The predicted molar refractivity (Wildman–Crippen MR) is 104 cm³/mol. The summed E-state index contributed by atoms with van der Waals surface area (Å²) in [6.07, 6.45) is -1.02. The van der Waals surface area contributed by atoms with Crippen molar-refractivity contribution >= 4 is 29.0 Å². The summed E-state index contributed by atoms with van der Waals surface area (Å²) in [6, 6.07) is 12.8. The van der Waals surface area contributed by atoms with Crippen molar-refractivity contribution in [2.24, 2.45) is 0 Å². The van der Waals surface area contributed by atoms with E-state index in [4.69, 9.17) is 16.9 Å². The molecule has 0 bridgehead atoms. The molecule has 27 heavy (non-hydrogen) atoms. The van der Waals surface area contributed by atoms with Crippen LogP contribution in [0.5, 0.6) is 0 Å². The molecule has 2 atom stereocenters. The molecular formula is C20H20ClN3O3. The third kappa shape index (κ3) is 5.07. The highest BCUT2D eigenvalue weighted by molar-refractivity contribution is 6.32. The largest absolute Gasteiger partial charge is 0.391 e. The number of anilines is 1. The number of nitriles is 1. The van der Waals surface area contributed by atoms with Gasteiger partial charge in [-0.15, -0.1) is 0 Å². The van der Waals surface area contributed by atoms with Crippen LogP contribution in [0.1, 0.15) is 28.4 Å². The third-order valence-corrected chi connectivity index (χ3v) is 4.59. The number of amides is 1. The van der Waals surface area contributed by atoms with E-state index in [0.29, 0.717) is 22.4 Å². The summed E-state index contributed by atoms with van der Waals surface area (Å²) >= 11 is 6.14. The number of nitrogens with zero attached hydrogens (tertiary/aromatic N) is 1. The van der Waals surface area contributed by atoms with E-state index in [9.17, 15) is 14.7 Å². The van der Waals surface area contributed by atoms with Crippen molar-refractivity contribution in [2.75, 3.05) is 11.9 Å². The van der Waals surface area contributed by atoms with E-state index in [1.807, 2.05) is 6.07 Å². The topological polar surface area (TPSA) is 102 Å². The molecule has 2 rings (SSSR count). The highest BCUT2D eigenvalue weighted by atomic mass is 35.5. The quantitative estimate of drug-likeness (QED) is 0.636. The first kappa shape index (κ1) is 20.4. The lowest BCUT2D eigenvalue weighted by molar-refractivity contribution is -0.123. The average Bonchev–Trinajstić information content (AvgIpc) is 2.67. The summed E-state index contributed by atoms with van der Waals surface area (Å²) in [5.74, 6) is -0.750. The summed E-state index contributed by atoms with van der Waals surface area (Å²) in [4.78, 5) is 24.6. The van der Waals surface area contributed by atoms with Gasteiger partial charge in [0.15, 0.2) is 5.78 Å². The number of hydrogen-bond acceptors (Lipinski definition) is 5. The Morgan fingerprint density at radius 3 is 2.48 bits per heavy atom. The number of rotatable bonds is 7. The summed E-state index contributed by atoms with van der Waals surface area (Å²) in [5, 5.41) is 24.8. The zero-order valence-corrected chi connectivity index (χ0v) is 15.7. The molecule has 0 heterocycles. The van der Waals surface area contributed by atoms with E-state index in [1.165, 1.54) is 13.0 Å². The van der Waals surface area contributed by atoms with E-state index >= 15 is 0 Å². The number of Topliss-reactive ketones (excluding diaryl/α,β-unsaturated/α-hetero) is 1. The van der Waals surface area contributed by atoms with Crippen LogP contribution < -0.4 is 10.6 Å². The Bertz CT molecular complexity index is 876. The predicted octanol–water partition coefficient (Wildman–Crippen LogP) is 2.68. The lowest BCUT2D eigenvalue weighted by Crippen LogP contribution is -2.47. The van der Waals surface area contributed by atoms with Crippen LogP contribution >= 0.6 is 11.6 Å². The Hall–Kier alpha value is -2.88. The van der Waals surface area contributed by atoms with Gasteiger partial charge in [0.05, 0.1) is 23.2 Å². The molecule has 0 aliphatic carbocycles. The summed E-state index contributed by atoms with van der Waals surface area (Å²) in [7, 11) is 0. The van der Waals surface area contributed by atoms with E-state index in [1.54, 1.807) is 43.3 Å². The van der Waals surface area contributed by atoms with Gasteiger partial charge in [-0.3, -0.25) is 9.59 Å². The molecule has 0 aliphatic heterocycles. The van der Waals surface area contributed by atoms with Gasteiger partial charge in [0, 0.05) is 11.3 Å². The number of aliphatic hydroxyl groups is 1. The number of carbonyl (C=O) groups is 2. The van der Waals surface area contributed by atoms with E-state index in [-0.39, 0.29) is 17.4 Å². The molecule has 2 aromatic carbocycles. The molecule has 0 fully saturated rings. The van der Waals surface area contributed by atoms with Crippen LogP contribution in [0.15, 0.2) is 42.5 Å². The first-order valence-corrected chi connectivity index (χ1v) is 8.72. The molecule has 2 aromatic rings. The number of halogens is 1. The molecule has 0 radical (unpaired) electrons. The fraction of sp³-hybridized carbons (Fsp3) is 0.250. The molecule has 0 saturated carbocycles. The fourth-order valence-electron chi connectivity index (χ4n) is 2.50. The second-order valence-corrected chi connectivity index (χ2v) is 6.46. The molecular weight excluding hydrogens is 366 g/mol. The highest BCUT2D eigenvalue weighted by Gasteiger charge is 2.25. The second-order valence-electron chi connectivity index (χ2n) is 6.08. The van der Waals surface area contributed by atoms with Gasteiger partial charge in [-0.1, -0.05) is 41.9 Å². The Morgan fingerprint density at radius 1 is 1.22 bits per heavy atom. The van der Waals surface area contributed by atoms with Gasteiger partial charge in [-0.2, -0.15) is 5.26 Å². The standard InChI is InChI=1S/C20H20ClN3O3/c1-12-16(9-8-15(10-22)18(12)21)24-19(13(2)25)20(27)23-11-17(26)14-6-4-3-5-7-14/h3-9,13,19,24-25H,11H2,1-2H3,(H,23,27)/t13-,19+/m0/s1. The second kappa shape index (κ2) is 9.17. The van der Waals surface area contributed by atoms with Gasteiger partial charge in [-0.05, 0) is 31.5 Å². The maximum atomic E-state index is 12.5. The summed E-state index contributed by atoms with van der Waals surface area (Å²) in [6.45, 7) is 3.00. The smallest absolute Gasteiger partial charge is 0.245 e. The molecule has 0 unspecified atom stereocenters. The number of aliphatic hydroxyl groups excluding tert-OH is 1. The van der Waals surface area contributed by atoms with Crippen molar-refractivity contribution < 1.29 is 14.7 Å². The van der Waals surface area contributed by atoms with E-state index in [0.717, 1.165) is 0 Å². The van der Waals surface area contributed by atoms with Gasteiger partial charge in [0.2, 0.25) is 5.91 Å². The van der Waals surface area contributed by atoms with Crippen LogP contribution in [0, 0.1) is 18.3 Å². The van der Waals surface area contributed by atoms with Gasteiger partial charge in [0.1, 0.15) is 12.1 Å². The van der Waals surface area contributed by atoms with E-state index < -0.39 is 18.1 Å². The first-order chi connectivity index (χ1) is 12.8. The normalized spacial score (nSPS) is 12.6. The van der Waals surface area contributed by atoms with Gasteiger partial charge in [-0.25, -0.2) is 0 Å². The summed E-state index contributed by atoms with van der Waals surface area (Å²) < 4.78 is 0. The molecule has 1 amide bonds. The van der Waals surface area contributed by atoms with Gasteiger partial charge < -0.3 is 15.7 Å². The van der Waals surface area contributed by atoms with Crippen LogP contribution in [0.2, 0.25) is 5.02 Å². The Balaban J connectivity index is 2.09. The number of nitrogens with one attached hydrogen (secondary N) is 2. The van der Waals surface area contributed by atoms with E-state index in [2.05, 4.69) is 10.6 Å². The van der Waals surface area contributed by atoms with Crippen molar-refractivity contribution in [2.45, 2.75) is 26.0 Å². The maximum absolute atomic E-state index is 12.5. The minimum Gasteiger partial charge on any atom is -0.391 e. The lowest BCUT2D eigenvalue weighted by Gasteiger charge is -2.23. The SMILES string of the molecule is Cc1c(N[C@@H](C(=O)NCC(=O)c2ccccc2)[C@H](C)O)ccc(C#N)c1Cl. The summed E-state index contributed by atoms with van der Waals surface area (Å²) in [5.41, 5.74) is 1.93. The molecule has 6 nitrogen and oxygen atoms in total. The highest BCUT2D eigenvalue weighted by Crippen LogP contribution is 2.27. The van der Waals surface area contributed by atoms with Crippen LogP contribution in [-0.2, 0) is 4.79 Å².